The normalized spacial score (nSPS) is 11.0. The van der Waals surface area contributed by atoms with Crippen molar-refractivity contribution in [3.63, 3.8) is 0 Å². The first kappa shape index (κ1) is 17.3. The quantitative estimate of drug-likeness (QED) is 0.349. The van der Waals surface area contributed by atoms with Crippen molar-refractivity contribution in [3.05, 3.63) is 65.7 Å². The molecule has 0 aliphatic heterocycles. The lowest BCUT2D eigenvalue weighted by atomic mass is 10.2. The Morgan fingerprint density at radius 3 is 2.43 bits per heavy atom. The van der Waals surface area contributed by atoms with Crippen LogP contribution in [0.1, 0.15) is 17.1 Å². The van der Waals surface area contributed by atoms with Gasteiger partial charge in [-0.3, -0.25) is 10.2 Å². The molecule has 1 aromatic carbocycles. The van der Waals surface area contributed by atoms with Crippen molar-refractivity contribution in [1.82, 2.24) is 30.4 Å². The molecule has 140 valence electrons. The summed E-state index contributed by atoms with van der Waals surface area (Å²) in [6, 6.07) is 13.6. The van der Waals surface area contributed by atoms with Crippen LogP contribution < -0.4 is 16.4 Å². The van der Waals surface area contributed by atoms with Gasteiger partial charge in [0.15, 0.2) is 23.3 Å². The number of nitrogens with one attached hydrogen (secondary N) is 4. The van der Waals surface area contributed by atoms with Crippen molar-refractivity contribution >= 4 is 41.1 Å². The van der Waals surface area contributed by atoms with Crippen LogP contribution in [-0.2, 0) is 0 Å². The molecule has 0 aliphatic rings. The number of nitrogens with two attached hydrogens (primary N) is 1. The Hall–Kier alpha value is -4.14. The van der Waals surface area contributed by atoms with Gasteiger partial charge in [-0.1, -0.05) is 36.4 Å². The lowest BCUT2D eigenvalue weighted by Crippen LogP contribution is -2.07. The molecule has 9 nitrogen and oxygen atoms in total. The highest BCUT2D eigenvalue weighted by molar-refractivity contribution is 5.81. The number of hydrogen-bond acceptors (Lipinski definition) is 7. The molecule has 0 aliphatic carbocycles. The fourth-order valence-electron chi connectivity index (χ4n) is 2.54. The van der Waals surface area contributed by atoms with E-state index in [4.69, 9.17) is 5.73 Å². The minimum atomic E-state index is 0.368. The van der Waals surface area contributed by atoms with Crippen LogP contribution in [0.4, 0.5) is 29.0 Å². The SMILES string of the molecule is Cc1cc(Nc2nc(/C=C/c3ccccc3)nc(Nc3ccn[nH]3)c2N)n[nH]1. The molecule has 0 fully saturated rings. The fraction of sp³-hybridized carbons (Fsp3) is 0.0526. The van der Waals surface area contributed by atoms with Crippen molar-refractivity contribution in [2.45, 2.75) is 6.92 Å². The van der Waals surface area contributed by atoms with Gasteiger partial charge >= 0.3 is 0 Å². The maximum absolute atomic E-state index is 6.28. The van der Waals surface area contributed by atoms with E-state index in [1.165, 1.54) is 0 Å². The Morgan fingerprint density at radius 1 is 0.964 bits per heavy atom. The lowest BCUT2D eigenvalue weighted by Gasteiger charge is -2.12. The first-order valence-electron chi connectivity index (χ1n) is 8.63. The number of H-pyrrole nitrogens is 2. The predicted molar refractivity (Wildman–Crippen MR) is 110 cm³/mol. The van der Waals surface area contributed by atoms with E-state index in [1.807, 2.05) is 55.5 Å². The first-order chi connectivity index (χ1) is 13.7. The number of anilines is 5. The number of hydrogen-bond donors (Lipinski definition) is 5. The predicted octanol–water partition coefficient (Wildman–Crippen LogP) is 3.47. The zero-order valence-electron chi connectivity index (χ0n) is 15.1. The average molecular weight is 373 g/mol. The van der Waals surface area contributed by atoms with Crippen molar-refractivity contribution in [2.24, 2.45) is 0 Å². The summed E-state index contributed by atoms with van der Waals surface area (Å²) in [6.45, 7) is 1.92. The minimum Gasteiger partial charge on any atom is -0.393 e. The van der Waals surface area contributed by atoms with Crippen molar-refractivity contribution < 1.29 is 0 Å². The zero-order chi connectivity index (χ0) is 19.3. The molecule has 0 spiro atoms. The maximum Gasteiger partial charge on any atom is 0.161 e. The molecular weight excluding hydrogens is 354 g/mol. The van der Waals surface area contributed by atoms with Crippen LogP contribution in [-0.4, -0.2) is 30.4 Å². The fourth-order valence-corrected chi connectivity index (χ4v) is 2.54. The Balaban J connectivity index is 1.70. The molecule has 6 N–H and O–H groups in total. The highest BCUT2D eigenvalue weighted by Crippen LogP contribution is 2.28. The molecule has 3 aromatic heterocycles. The Bertz CT molecular complexity index is 1080. The summed E-state index contributed by atoms with van der Waals surface area (Å²) in [5, 5.41) is 20.1. The van der Waals surface area contributed by atoms with Gasteiger partial charge in [-0.15, -0.1) is 0 Å². The Morgan fingerprint density at radius 2 is 1.75 bits per heavy atom. The van der Waals surface area contributed by atoms with Gasteiger partial charge in [-0.05, 0) is 18.6 Å². The maximum atomic E-state index is 6.28. The summed E-state index contributed by atoms with van der Waals surface area (Å²) in [6.07, 6.45) is 5.41. The van der Waals surface area contributed by atoms with Crippen molar-refractivity contribution in [2.75, 3.05) is 16.4 Å². The minimum absolute atomic E-state index is 0.368. The zero-order valence-corrected chi connectivity index (χ0v) is 15.1. The molecule has 0 saturated heterocycles. The largest absolute Gasteiger partial charge is 0.393 e. The first-order valence-corrected chi connectivity index (χ1v) is 8.63. The van der Waals surface area contributed by atoms with Crippen LogP contribution in [0.2, 0.25) is 0 Å². The highest BCUT2D eigenvalue weighted by atomic mass is 15.2. The van der Waals surface area contributed by atoms with E-state index in [0.29, 0.717) is 34.8 Å². The molecule has 28 heavy (non-hydrogen) atoms. The molecule has 4 rings (SSSR count). The third-order valence-electron chi connectivity index (χ3n) is 3.89. The van der Waals surface area contributed by atoms with E-state index in [0.717, 1.165) is 11.3 Å². The Kier molecular flexibility index (Phi) is 4.70. The second-order valence-electron chi connectivity index (χ2n) is 6.09. The van der Waals surface area contributed by atoms with Gasteiger partial charge in [-0.2, -0.15) is 10.2 Å². The van der Waals surface area contributed by atoms with Crippen molar-refractivity contribution in [3.8, 4) is 0 Å². The van der Waals surface area contributed by atoms with Gasteiger partial charge in [0, 0.05) is 17.8 Å². The van der Waals surface area contributed by atoms with Crippen LogP contribution >= 0.6 is 0 Å². The van der Waals surface area contributed by atoms with Crippen LogP contribution in [0.3, 0.4) is 0 Å². The van der Waals surface area contributed by atoms with E-state index >= 15 is 0 Å². The van der Waals surface area contributed by atoms with E-state index in [-0.39, 0.29) is 0 Å². The average Bonchev–Trinajstić information content (AvgIpc) is 3.36. The molecule has 0 amide bonds. The van der Waals surface area contributed by atoms with Gasteiger partial charge in [0.25, 0.3) is 0 Å². The monoisotopic (exact) mass is 373 g/mol. The Labute approximate surface area is 161 Å². The molecule has 4 aromatic rings. The summed E-state index contributed by atoms with van der Waals surface area (Å²) in [5.74, 6) is 2.70. The number of aryl methyl sites for hydroxylation is 1. The van der Waals surface area contributed by atoms with Gasteiger partial charge in [0.05, 0.1) is 6.20 Å². The molecule has 0 bridgehead atoms. The van der Waals surface area contributed by atoms with E-state index in [1.54, 1.807) is 12.3 Å². The van der Waals surface area contributed by atoms with Crippen LogP contribution in [0.5, 0.6) is 0 Å². The van der Waals surface area contributed by atoms with Crippen LogP contribution in [0.25, 0.3) is 12.2 Å². The number of aromatic nitrogens is 6. The third kappa shape index (κ3) is 3.98. The summed E-state index contributed by atoms with van der Waals surface area (Å²) >= 11 is 0. The highest BCUT2D eigenvalue weighted by Gasteiger charge is 2.13. The number of benzene rings is 1. The van der Waals surface area contributed by atoms with E-state index in [9.17, 15) is 0 Å². The number of rotatable bonds is 6. The molecule has 0 radical (unpaired) electrons. The van der Waals surface area contributed by atoms with Gasteiger partial charge in [-0.25, -0.2) is 9.97 Å². The van der Waals surface area contributed by atoms with Crippen LogP contribution in [0.15, 0.2) is 48.7 Å². The summed E-state index contributed by atoms with van der Waals surface area (Å²) in [4.78, 5) is 9.05. The number of nitrogen functional groups attached to an aromatic ring is 1. The van der Waals surface area contributed by atoms with E-state index < -0.39 is 0 Å². The second kappa shape index (κ2) is 7.62. The van der Waals surface area contributed by atoms with Gasteiger partial charge in [0.2, 0.25) is 0 Å². The van der Waals surface area contributed by atoms with Crippen molar-refractivity contribution in [1.29, 1.82) is 0 Å². The molecule has 0 saturated carbocycles. The summed E-state index contributed by atoms with van der Waals surface area (Å²) < 4.78 is 0. The lowest BCUT2D eigenvalue weighted by molar-refractivity contribution is 1.04. The standard InChI is InChI=1S/C19H19N9/c1-12-11-16(28-26-12)25-19-17(20)18(24-15-9-10-21-27-15)22-14(23-19)8-7-13-5-3-2-4-6-13/h2-11H,20H2,1H3,(H4,21,22,23,24,25,26,27,28)/b8-7+. The molecule has 3 heterocycles. The molecule has 0 atom stereocenters. The molecule has 9 heteroatoms. The van der Waals surface area contributed by atoms with E-state index in [2.05, 4.69) is 41.0 Å². The van der Waals surface area contributed by atoms with Gasteiger partial charge < -0.3 is 16.4 Å². The second-order valence-corrected chi connectivity index (χ2v) is 6.09. The topological polar surface area (TPSA) is 133 Å². The smallest absolute Gasteiger partial charge is 0.161 e. The summed E-state index contributed by atoms with van der Waals surface area (Å²) in [5.41, 5.74) is 8.62. The van der Waals surface area contributed by atoms with Gasteiger partial charge in [0.1, 0.15) is 11.5 Å². The number of aromatic amines is 2. The summed E-state index contributed by atoms with van der Waals surface area (Å²) in [7, 11) is 0. The number of nitrogens with zero attached hydrogens (tertiary/aromatic N) is 4. The van der Waals surface area contributed by atoms with Crippen LogP contribution in [0, 0.1) is 6.92 Å². The molecule has 0 unspecified atom stereocenters. The third-order valence-corrected chi connectivity index (χ3v) is 3.89. The molecular formula is C19H19N9.